The van der Waals surface area contributed by atoms with E-state index in [0.29, 0.717) is 18.7 Å². The minimum Gasteiger partial charge on any atom is -0.328 e. The Morgan fingerprint density at radius 3 is 2.82 bits per heavy atom. The van der Waals surface area contributed by atoms with Crippen LogP contribution in [0.4, 0.5) is 5.82 Å². The lowest BCUT2D eigenvalue weighted by Crippen LogP contribution is -2.20. The lowest BCUT2D eigenvalue weighted by atomic mass is 10.2. The third-order valence-electron chi connectivity index (χ3n) is 2.98. The van der Waals surface area contributed by atoms with Crippen LogP contribution in [0.15, 0.2) is 34.8 Å². The van der Waals surface area contributed by atoms with E-state index in [-0.39, 0.29) is 24.4 Å². The van der Waals surface area contributed by atoms with Crippen LogP contribution in [0.1, 0.15) is 25.5 Å². The summed E-state index contributed by atoms with van der Waals surface area (Å²) in [4.78, 5) is 12.0. The van der Waals surface area contributed by atoms with Gasteiger partial charge in [-0.25, -0.2) is 4.68 Å². The van der Waals surface area contributed by atoms with Gasteiger partial charge in [-0.2, -0.15) is 5.10 Å². The van der Waals surface area contributed by atoms with Crippen LogP contribution in [0, 0.1) is 6.92 Å². The van der Waals surface area contributed by atoms with Crippen molar-refractivity contribution in [3.8, 4) is 5.69 Å². The Hall–Kier alpha value is -1.37. The van der Waals surface area contributed by atoms with Crippen molar-refractivity contribution in [3.05, 3.63) is 40.5 Å². The van der Waals surface area contributed by atoms with E-state index in [4.69, 9.17) is 5.73 Å². The third kappa shape index (κ3) is 5.12. The summed E-state index contributed by atoms with van der Waals surface area (Å²) >= 11 is 3.44. The van der Waals surface area contributed by atoms with E-state index < -0.39 is 0 Å². The molecule has 1 heterocycles. The highest BCUT2D eigenvalue weighted by Gasteiger charge is 2.11. The van der Waals surface area contributed by atoms with Crippen LogP contribution in [0.3, 0.4) is 0 Å². The summed E-state index contributed by atoms with van der Waals surface area (Å²) < 4.78 is 2.69. The minimum absolute atomic E-state index is 0. The molecule has 1 amide bonds. The quantitative estimate of drug-likeness (QED) is 0.825. The Bertz CT molecular complexity index is 642. The van der Waals surface area contributed by atoms with Crippen LogP contribution >= 0.6 is 28.3 Å². The molecule has 2 aromatic rings. The second-order valence-electron chi connectivity index (χ2n) is 5.13. The van der Waals surface area contributed by atoms with E-state index in [9.17, 15) is 4.79 Å². The molecule has 0 spiro atoms. The average molecular weight is 388 g/mol. The smallest absolute Gasteiger partial charge is 0.225 e. The van der Waals surface area contributed by atoms with Crippen molar-refractivity contribution < 1.29 is 4.79 Å². The number of anilines is 1. The predicted octanol–water partition coefficient (Wildman–Crippen LogP) is 3.43. The first-order valence-electron chi connectivity index (χ1n) is 6.84. The molecule has 7 heteroatoms. The van der Waals surface area contributed by atoms with E-state index in [2.05, 4.69) is 26.3 Å². The van der Waals surface area contributed by atoms with Crippen molar-refractivity contribution in [1.29, 1.82) is 0 Å². The number of nitrogens with zero attached hydrogens (tertiary/aromatic N) is 2. The first kappa shape index (κ1) is 18.7. The summed E-state index contributed by atoms with van der Waals surface area (Å²) in [6, 6.07) is 9.63. The highest BCUT2D eigenvalue weighted by Crippen LogP contribution is 2.20. The Morgan fingerprint density at radius 1 is 1.45 bits per heavy atom. The molecule has 0 fully saturated rings. The summed E-state index contributed by atoms with van der Waals surface area (Å²) in [6.45, 7) is 3.79. The summed E-state index contributed by atoms with van der Waals surface area (Å²) in [5, 5.41) is 7.32. The molecule has 0 radical (unpaired) electrons. The molecule has 0 aliphatic carbocycles. The Labute approximate surface area is 144 Å². The van der Waals surface area contributed by atoms with E-state index in [1.165, 1.54) is 0 Å². The van der Waals surface area contributed by atoms with Gasteiger partial charge in [0, 0.05) is 23.0 Å². The lowest BCUT2D eigenvalue weighted by molar-refractivity contribution is -0.116. The van der Waals surface area contributed by atoms with Crippen molar-refractivity contribution in [1.82, 2.24) is 9.78 Å². The van der Waals surface area contributed by atoms with Crippen molar-refractivity contribution in [2.75, 3.05) is 5.32 Å². The van der Waals surface area contributed by atoms with Gasteiger partial charge < -0.3 is 11.1 Å². The second kappa shape index (κ2) is 8.31. The number of nitrogens with two attached hydrogens (primary N) is 1. The van der Waals surface area contributed by atoms with Crippen molar-refractivity contribution >= 4 is 40.1 Å². The maximum Gasteiger partial charge on any atom is 0.225 e. The number of hydrogen-bond donors (Lipinski definition) is 2. The summed E-state index contributed by atoms with van der Waals surface area (Å²) in [7, 11) is 0. The molecule has 1 atom stereocenters. The van der Waals surface area contributed by atoms with E-state index in [0.717, 1.165) is 15.9 Å². The van der Waals surface area contributed by atoms with Gasteiger partial charge >= 0.3 is 0 Å². The number of halogens is 2. The zero-order valence-electron chi connectivity index (χ0n) is 12.5. The number of amides is 1. The average Bonchev–Trinajstić information content (AvgIpc) is 2.77. The van der Waals surface area contributed by atoms with Gasteiger partial charge in [0.05, 0.1) is 11.4 Å². The topological polar surface area (TPSA) is 72.9 Å². The van der Waals surface area contributed by atoms with Crippen molar-refractivity contribution in [3.63, 3.8) is 0 Å². The van der Waals surface area contributed by atoms with E-state index >= 15 is 0 Å². The zero-order valence-corrected chi connectivity index (χ0v) is 14.9. The Kier molecular flexibility index (Phi) is 7.06. The molecular weight excluding hydrogens is 368 g/mol. The molecule has 0 aliphatic rings. The molecule has 0 aliphatic heterocycles. The van der Waals surface area contributed by atoms with Crippen LogP contribution in [0.25, 0.3) is 5.69 Å². The first-order chi connectivity index (χ1) is 9.95. The fraction of sp³-hybridized carbons (Fsp3) is 0.333. The van der Waals surface area contributed by atoms with Crippen LogP contribution in [0.5, 0.6) is 0 Å². The molecular formula is C15H20BrClN4O. The molecule has 2 rings (SSSR count). The summed E-state index contributed by atoms with van der Waals surface area (Å²) in [5.74, 6) is 0.615. The molecule has 3 N–H and O–H groups in total. The van der Waals surface area contributed by atoms with Gasteiger partial charge in [-0.05, 0) is 38.5 Å². The van der Waals surface area contributed by atoms with Gasteiger partial charge in [-0.3, -0.25) is 4.79 Å². The molecule has 1 unspecified atom stereocenters. The van der Waals surface area contributed by atoms with Gasteiger partial charge in [0.15, 0.2) is 0 Å². The monoisotopic (exact) mass is 386 g/mol. The SMILES string of the molecule is Cc1cc(NC(=O)CCC(C)N)n(-c2cccc(Br)c2)n1.Cl. The maximum absolute atomic E-state index is 12.0. The molecule has 0 saturated heterocycles. The van der Waals surface area contributed by atoms with Crippen LogP contribution in [0.2, 0.25) is 0 Å². The molecule has 0 saturated carbocycles. The standard InChI is InChI=1S/C15H19BrN4O.ClH/c1-10(17)6-7-15(21)18-14-8-11(2)19-20(14)13-5-3-4-12(16)9-13;/h3-5,8-10H,6-7,17H2,1-2H3,(H,18,21);1H. The third-order valence-corrected chi connectivity index (χ3v) is 3.47. The second-order valence-corrected chi connectivity index (χ2v) is 6.04. The Balaban J connectivity index is 0.00000242. The van der Waals surface area contributed by atoms with Crippen molar-refractivity contribution in [2.24, 2.45) is 5.73 Å². The van der Waals surface area contributed by atoms with Gasteiger partial charge in [0.1, 0.15) is 5.82 Å². The number of carbonyl (C=O) groups is 1. The fourth-order valence-electron chi connectivity index (χ4n) is 1.96. The number of nitrogens with one attached hydrogen (secondary N) is 1. The van der Waals surface area contributed by atoms with Crippen LogP contribution in [-0.4, -0.2) is 21.7 Å². The predicted molar refractivity (Wildman–Crippen MR) is 94.8 cm³/mol. The number of rotatable bonds is 5. The number of aryl methyl sites for hydroxylation is 1. The van der Waals surface area contributed by atoms with E-state index in [1.807, 2.05) is 44.2 Å². The van der Waals surface area contributed by atoms with Crippen LogP contribution < -0.4 is 11.1 Å². The molecule has 120 valence electrons. The first-order valence-corrected chi connectivity index (χ1v) is 7.63. The highest BCUT2D eigenvalue weighted by molar-refractivity contribution is 9.10. The minimum atomic E-state index is -0.0524. The van der Waals surface area contributed by atoms with Gasteiger partial charge in [-0.1, -0.05) is 22.0 Å². The van der Waals surface area contributed by atoms with E-state index in [1.54, 1.807) is 4.68 Å². The van der Waals surface area contributed by atoms with Crippen molar-refractivity contribution in [2.45, 2.75) is 32.7 Å². The number of benzene rings is 1. The Morgan fingerprint density at radius 2 is 2.18 bits per heavy atom. The molecule has 1 aromatic carbocycles. The zero-order chi connectivity index (χ0) is 15.4. The molecule has 0 bridgehead atoms. The summed E-state index contributed by atoms with van der Waals surface area (Å²) in [5.41, 5.74) is 7.41. The number of carbonyl (C=O) groups excluding carboxylic acids is 1. The highest BCUT2D eigenvalue weighted by atomic mass is 79.9. The molecule has 1 aromatic heterocycles. The largest absolute Gasteiger partial charge is 0.328 e. The maximum atomic E-state index is 12.0. The van der Waals surface area contributed by atoms with Gasteiger partial charge in [-0.15, -0.1) is 12.4 Å². The van der Waals surface area contributed by atoms with Gasteiger partial charge in [0.25, 0.3) is 0 Å². The molecule has 5 nitrogen and oxygen atoms in total. The normalized spacial score (nSPS) is 11.6. The fourth-order valence-corrected chi connectivity index (χ4v) is 2.34. The van der Waals surface area contributed by atoms with Gasteiger partial charge in [0.2, 0.25) is 5.91 Å². The number of aromatic nitrogens is 2. The summed E-state index contributed by atoms with van der Waals surface area (Å²) in [6.07, 6.45) is 1.07. The van der Waals surface area contributed by atoms with Crippen LogP contribution in [-0.2, 0) is 4.79 Å². The molecule has 22 heavy (non-hydrogen) atoms. The number of hydrogen-bond acceptors (Lipinski definition) is 3. The lowest BCUT2D eigenvalue weighted by Gasteiger charge is -2.10.